The van der Waals surface area contributed by atoms with Gasteiger partial charge in [0, 0.05) is 25.8 Å². The maximum Gasteiger partial charge on any atom is 0.277 e. The molecule has 0 unspecified atom stereocenters. The summed E-state index contributed by atoms with van der Waals surface area (Å²) < 4.78 is 5.31. The zero-order valence-electron chi connectivity index (χ0n) is 11.8. The minimum Gasteiger partial charge on any atom is -0.378 e. The molecule has 0 atom stereocenters. The van der Waals surface area contributed by atoms with E-state index in [0.717, 1.165) is 5.69 Å². The molecule has 0 radical (unpaired) electrons. The Hall–Kier alpha value is -2.34. The molecule has 1 aromatic carbocycles. The van der Waals surface area contributed by atoms with Crippen LogP contribution in [-0.2, 0) is 14.3 Å². The highest BCUT2D eigenvalue weighted by Crippen LogP contribution is 2.25. The van der Waals surface area contributed by atoms with Gasteiger partial charge < -0.3 is 14.5 Å². The van der Waals surface area contributed by atoms with Crippen molar-refractivity contribution in [3.8, 4) is 0 Å². The Labute approximate surface area is 123 Å². The molecule has 0 saturated carbocycles. The van der Waals surface area contributed by atoms with Crippen LogP contribution in [0.15, 0.2) is 41.7 Å². The SMILES string of the molecule is CN(C1=C(N2CCOCC2)C(=O)NC1=O)c1ccccc1. The van der Waals surface area contributed by atoms with Gasteiger partial charge in [-0.1, -0.05) is 18.2 Å². The molecule has 2 aliphatic heterocycles. The minimum atomic E-state index is -0.354. The van der Waals surface area contributed by atoms with Gasteiger partial charge in [0.25, 0.3) is 11.8 Å². The van der Waals surface area contributed by atoms with Crippen molar-refractivity contribution in [1.82, 2.24) is 10.2 Å². The normalized spacial score (nSPS) is 19.0. The number of amides is 2. The Bertz CT molecular complexity index is 591. The lowest BCUT2D eigenvalue weighted by Gasteiger charge is -2.30. The summed E-state index contributed by atoms with van der Waals surface area (Å²) in [5, 5.41) is 2.39. The van der Waals surface area contributed by atoms with E-state index in [1.165, 1.54) is 0 Å². The summed E-state index contributed by atoms with van der Waals surface area (Å²) >= 11 is 0. The molecule has 0 aliphatic carbocycles. The second kappa shape index (κ2) is 5.57. The molecule has 1 aromatic rings. The van der Waals surface area contributed by atoms with Gasteiger partial charge in [0.1, 0.15) is 11.4 Å². The molecule has 21 heavy (non-hydrogen) atoms. The Balaban J connectivity index is 1.99. The summed E-state index contributed by atoms with van der Waals surface area (Å²) in [6, 6.07) is 9.51. The third-order valence-electron chi connectivity index (χ3n) is 3.69. The molecular formula is C15H17N3O3. The highest BCUT2D eigenvalue weighted by atomic mass is 16.5. The Morgan fingerprint density at radius 2 is 1.76 bits per heavy atom. The highest BCUT2D eigenvalue weighted by molar-refractivity contribution is 6.20. The van der Waals surface area contributed by atoms with Crippen LogP contribution in [0.25, 0.3) is 0 Å². The zero-order chi connectivity index (χ0) is 14.8. The van der Waals surface area contributed by atoms with Gasteiger partial charge in [0.05, 0.1) is 13.2 Å². The van der Waals surface area contributed by atoms with E-state index in [-0.39, 0.29) is 11.8 Å². The molecule has 110 valence electrons. The summed E-state index contributed by atoms with van der Waals surface area (Å²) in [6.45, 7) is 2.35. The van der Waals surface area contributed by atoms with Crippen molar-refractivity contribution in [3.63, 3.8) is 0 Å². The molecule has 6 nitrogen and oxygen atoms in total. The fourth-order valence-corrected chi connectivity index (χ4v) is 2.61. The van der Waals surface area contributed by atoms with Crippen LogP contribution in [0.4, 0.5) is 5.69 Å². The summed E-state index contributed by atoms with van der Waals surface area (Å²) in [6.07, 6.45) is 0. The number of morpholine rings is 1. The standard InChI is InChI=1S/C15H17N3O3/c1-17(11-5-3-2-4-6-11)12-13(15(20)16-14(12)19)18-7-9-21-10-8-18/h2-6H,7-10H2,1H3,(H,16,19,20). The molecule has 3 rings (SSSR count). The van der Waals surface area contributed by atoms with E-state index >= 15 is 0 Å². The van der Waals surface area contributed by atoms with Gasteiger partial charge in [-0.25, -0.2) is 0 Å². The second-order valence-corrected chi connectivity index (χ2v) is 4.97. The predicted octanol–water partition coefficient (Wildman–Crippen LogP) is 0.323. The topological polar surface area (TPSA) is 61.9 Å². The van der Waals surface area contributed by atoms with Crippen LogP contribution in [0.2, 0.25) is 0 Å². The van der Waals surface area contributed by atoms with Crippen molar-refractivity contribution in [3.05, 3.63) is 41.7 Å². The van der Waals surface area contributed by atoms with Gasteiger partial charge in [-0.3, -0.25) is 14.9 Å². The van der Waals surface area contributed by atoms with E-state index < -0.39 is 0 Å². The molecule has 0 bridgehead atoms. The maximum atomic E-state index is 12.2. The third-order valence-corrected chi connectivity index (χ3v) is 3.69. The van der Waals surface area contributed by atoms with E-state index in [0.29, 0.717) is 37.7 Å². The van der Waals surface area contributed by atoms with E-state index in [2.05, 4.69) is 5.32 Å². The Morgan fingerprint density at radius 3 is 2.43 bits per heavy atom. The molecule has 6 heteroatoms. The summed E-state index contributed by atoms with van der Waals surface area (Å²) in [4.78, 5) is 28.0. The van der Waals surface area contributed by atoms with Gasteiger partial charge >= 0.3 is 0 Å². The maximum absolute atomic E-state index is 12.2. The lowest BCUT2D eigenvalue weighted by Crippen LogP contribution is -2.39. The number of likely N-dealkylation sites (N-methyl/N-ethyl adjacent to an activating group) is 1. The van der Waals surface area contributed by atoms with Gasteiger partial charge in [-0.15, -0.1) is 0 Å². The molecule has 2 aliphatic rings. The van der Waals surface area contributed by atoms with Gasteiger partial charge in [-0.05, 0) is 12.1 Å². The molecule has 1 saturated heterocycles. The summed E-state index contributed by atoms with van der Waals surface area (Å²) in [5.74, 6) is -0.687. The largest absolute Gasteiger partial charge is 0.378 e. The van der Waals surface area contributed by atoms with E-state index in [4.69, 9.17) is 4.74 Å². The molecule has 0 aromatic heterocycles. The number of benzene rings is 1. The number of imide groups is 1. The first-order valence-corrected chi connectivity index (χ1v) is 6.90. The van der Waals surface area contributed by atoms with Gasteiger partial charge in [-0.2, -0.15) is 0 Å². The fraction of sp³-hybridized carbons (Fsp3) is 0.333. The number of anilines is 1. The lowest BCUT2D eigenvalue weighted by molar-refractivity contribution is -0.124. The quantitative estimate of drug-likeness (QED) is 0.811. The van der Waals surface area contributed by atoms with Crippen molar-refractivity contribution < 1.29 is 14.3 Å². The first kappa shape index (κ1) is 13.6. The minimum absolute atomic E-state index is 0.334. The molecule has 2 heterocycles. The number of hydrogen-bond donors (Lipinski definition) is 1. The van der Waals surface area contributed by atoms with Gasteiger partial charge in [0.15, 0.2) is 0 Å². The van der Waals surface area contributed by atoms with Crippen LogP contribution in [0.1, 0.15) is 0 Å². The lowest BCUT2D eigenvalue weighted by atomic mass is 10.2. The number of rotatable bonds is 3. The average Bonchev–Trinajstić information content (AvgIpc) is 2.82. The monoisotopic (exact) mass is 287 g/mol. The second-order valence-electron chi connectivity index (χ2n) is 4.97. The zero-order valence-corrected chi connectivity index (χ0v) is 11.8. The van der Waals surface area contributed by atoms with E-state index in [9.17, 15) is 9.59 Å². The third kappa shape index (κ3) is 2.50. The summed E-state index contributed by atoms with van der Waals surface area (Å²) in [5.41, 5.74) is 1.70. The molecule has 1 fully saturated rings. The van der Waals surface area contributed by atoms with Crippen molar-refractivity contribution in [1.29, 1.82) is 0 Å². The van der Waals surface area contributed by atoms with Crippen LogP contribution in [0.5, 0.6) is 0 Å². The Kier molecular flexibility index (Phi) is 3.62. The number of ether oxygens (including phenoxy) is 1. The predicted molar refractivity (Wildman–Crippen MR) is 77.4 cm³/mol. The van der Waals surface area contributed by atoms with Gasteiger partial charge in [0.2, 0.25) is 0 Å². The molecule has 1 N–H and O–H groups in total. The number of nitrogens with one attached hydrogen (secondary N) is 1. The number of carbonyl (C=O) groups excluding carboxylic acids is 2. The van der Waals surface area contributed by atoms with Crippen molar-refractivity contribution >= 4 is 17.5 Å². The number of hydrogen-bond acceptors (Lipinski definition) is 5. The molecule has 2 amide bonds. The number of nitrogens with zero attached hydrogens (tertiary/aromatic N) is 2. The number of carbonyl (C=O) groups is 2. The van der Waals surface area contributed by atoms with Crippen LogP contribution < -0.4 is 10.2 Å². The fourth-order valence-electron chi connectivity index (χ4n) is 2.61. The highest BCUT2D eigenvalue weighted by Gasteiger charge is 2.37. The van der Waals surface area contributed by atoms with Crippen molar-refractivity contribution in [2.45, 2.75) is 0 Å². The van der Waals surface area contributed by atoms with Crippen LogP contribution in [-0.4, -0.2) is 50.1 Å². The smallest absolute Gasteiger partial charge is 0.277 e. The van der Waals surface area contributed by atoms with Crippen molar-refractivity contribution in [2.24, 2.45) is 0 Å². The van der Waals surface area contributed by atoms with Crippen LogP contribution in [0.3, 0.4) is 0 Å². The van der Waals surface area contributed by atoms with Crippen LogP contribution >= 0.6 is 0 Å². The molecular weight excluding hydrogens is 270 g/mol. The number of para-hydroxylation sites is 1. The summed E-state index contributed by atoms with van der Waals surface area (Å²) in [7, 11) is 1.79. The Morgan fingerprint density at radius 1 is 1.10 bits per heavy atom. The average molecular weight is 287 g/mol. The molecule has 0 spiro atoms. The van der Waals surface area contributed by atoms with Crippen LogP contribution in [0, 0.1) is 0 Å². The first-order chi connectivity index (χ1) is 10.2. The van der Waals surface area contributed by atoms with Crippen molar-refractivity contribution in [2.75, 3.05) is 38.3 Å². The van der Waals surface area contributed by atoms with E-state index in [1.54, 1.807) is 11.9 Å². The first-order valence-electron chi connectivity index (χ1n) is 6.90. The van der Waals surface area contributed by atoms with E-state index in [1.807, 2.05) is 35.2 Å².